The summed E-state index contributed by atoms with van der Waals surface area (Å²) in [5, 5.41) is 11.2. The SMILES string of the molecule is C=C(C)C(=O)Oc1cc(O)c(OC(=O)C(=C)C)c2ccc(C)cc12. The Kier molecular flexibility index (Phi) is 4.74. The highest BCUT2D eigenvalue weighted by Gasteiger charge is 2.19. The van der Waals surface area contributed by atoms with Gasteiger partial charge in [-0.25, -0.2) is 9.59 Å². The van der Waals surface area contributed by atoms with Crippen molar-refractivity contribution in [3.63, 3.8) is 0 Å². The molecule has 2 aromatic carbocycles. The van der Waals surface area contributed by atoms with E-state index in [-0.39, 0.29) is 28.4 Å². The zero-order chi connectivity index (χ0) is 18.0. The number of fused-ring (bicyclic) bond motifs is 1. The van der Waals surface area contributed by atoms with Gasteiger partial charge in [0.15, 0.2) is 11.5 Å². The number of hydrogen-bond donors (Lipinski definition) is 1. The molecule has 0 bridgehead atoms. The van der Waals surface area contributed by atoms with Crippen LogP contribution >= 0.6 is 0 Å². The maximum absolute atomic E-state index is 11.8. The lowest BCUT2D eigenvalue weighted by Crippen LogP contribution is -2.10. The number of aromatic hydroxyl groups is 1. The maximum Gasteiger partial charge on any atom is 0.338 e. The average molecular weight is 326 g/mol. The van der Waals surface area contributed by atoms with Gasteiger partial charge in [0.25, 0.3) is 0 Å². The Morgan fingerprint density at radius 1 is 0.958 bits per heavy atom. The fourth-order valence-corrected chi connectivity index (χ4v) is 2.02. The molecule has 0 aliphatic rings. The van der Waals surface area contributed by atoms with Gasteiger partial charge in [-0.3, -0.25) is 0 Å². The molecule has 0 amide bonds. The van der Waals surface area contributed by atoms with E-state index < -0.39 is 11.9 Å². The van der Waals surface area contributed by atoms with E-state index >= 15 is 0 Å². The standard InChI is InChI=1S/C19H18O5/c1-10(2)18(21)23-16-9-15(20)17(24-19(22)11(3)4)13-7-6-12(5)8-14(13)16/h6-9,20H,1,3H2,2,4-5H3. The summed E-state index contributed by atoms with van der Waals surface area (Å²) in [6.07, 6.45) is 0. The normalized spacial score (nSPS) is 10.3. The number of aryl methyl sites for hydroxylation is 1. The lowest BCUT2D eigenvalue weighted by molar-refractivity contribution is -0.131. The van der Waals surface area contributed by atoms with Crippen molar-refractivity contribution >= 4 is 22.7 Å². The van der Waals surface area contributed by atoms with Crippen LogP contribution in [0.5, 0.6) is 17.2 Å². The van der Waals surface area contributed by atoms with Crippen molar-refractivity contribution in [2.75, 3.05) is 0 Å². The predicted molar refractivity (Wildman–Crippen MR) is 91.2 cm³/mol. The summed E-state index contributed by atoms with van der Waals surface area (Å²) >= 11 is 0. The topological polar surface area (TPSA) is 72.8 Å². The van der Waals surface area contributed by atoms with Gasteiger partial charge in [0.2, 0.25) is 0 Å². The van der Waals surface area contributed by atoms with E-state index in [1.807, 2.05) is 6.92 Å². The van der Waals surface area contributed by atoms with E-state index in [1.165, 1.54) is 19.9 Å². The summed E-state index contributed by atoms with van der Waals surface area (Å²) in [6, 6.07) is 6.49. The Balaban J connectivity index is 2.64. The molecule has 0 atom stereocenters. The highest BCUT2D eigenvalue weighted by atomic mass is 16.5. The first-order chi connectivity index (χ1) is 11.2. The first kappa shape index (κ1) is 17.3. The number of carbonyl (C=O) groups excluding carboxylic acids is 2. The van der Waals surface area contributed by atoms with Crippen LogP contribution < -0.4 is 9.47 Å². The summed E-state index contributed by atoms with van der Waals surface area (Å²) in [4.78, 5) is 23.6. The number of rotatable bonds is 4. The number of benzene rings is 2. The van der Waals surface area contributed by atoms with Crippen molar-refractivity contribution in [1.82, 2.24) is 0 Å². The Hall–Kier alpha value is -3.08. The van der Waals surface area contributed by atoms with Gasteiger partial charge in [-0.1, -0.05) is 30.9 Å². The fraction of sp³-hybridized carbons (Fsp3) is 0.158. The quantitative estimate of drug-likeness (QED) is 0.525. The van der Waals surface area contributed by atoms with E-state index in [1.54, 1.807) is 18.2 Å². The summed E-state index contributed by atoms with van der Waals surface area (Å²) in [6.45, 7) is 12.0. The molecule has 0 heterocycles. The van der Waals surface area contributed by atoms with Gasteiger partial charge in [-0.2, -0.15) is 0 Å². The molecule has 0 aliphatic carbocycles. The second kappa shape index (κ2) is 6.58. The third-order valence-electron chi connectivity index (χ3n) is 3.28. The number of phenolic OH excluding ortho intramolecular Hbond substituents is 1. The van der Waals surface area contributed by atoms with Crippen molar-refractivity contribution < 1.29 is 24.2 Å². The molecule has 0 unspecified atom stereocenters. The molecular weight excluding hydrogens is 308 g/mol. The summed E-state index contributed by atoms with van der Waals surface area (Å²) < 4.78 is 10.5. The minimum Gasteiger partial charge on any atom is -0.504 e. The van der Waals surface area contributed by atoms with Gasteiger partial charge in [0, 0.05) is 28.0 Å². The second-order valence-electron chi connectivity index (χ2n) is 5.61. The molecule has 2 rings (SSSR count). The van der Waals surface area contributed by atoms with Crippen molar-refractivity contribution in [3.8, 4) is 17.2 Å². The highest BCUT2D eigenvalue weighted by Crippen LogP contribution is 2.41. The minimum atomic E-state index is -0.654. The van der Waals surface area contributed by atoms with Crippen LogP contribution in [0.25, 0.3) is 10.8 Å². The summed E-state index contributed by atoms with van der Waals surface area (Å²) in [5.41, 5.74) is 1.35. The van der Waals surface area contributed by atoms with E-state index in [4.69, 9.17) is 9.47 Å². The van der Waals surface area contributed by atoms with Crippen LogP contribution in [0.3, 0.4) is 0 Å². The first-order valence-corrected chi connectivity index (χ1v) is 7.22. The number of esters is 2. The fourth-order valence-electron chi connectivity index (χ4n) is 2.02. The van der Waals surface area contributed by atoms with E-state index in [2.05, 4.69) is 13.2 Å². The lowest BCUT2D eigenvalue weighted by atomic mass is 10.0. The van der Waals surface area contributed by atoms with Crippen LogP contribution in [0.2, 0.25) is 0 Å². The van der Waals surface area contributed by atoms with Crippen molar-refractivity contribution in [2.24, 2.45) is 0 Å². The Morgan fingerprint density at radius 3 is 2.12 bits per heavy atom. The van der Waals surface area contributed by atoms with Crippen LogP contribution in [-0.4, -0.2) is 17.0 Å². The molecule has 0 saturated carbocycles. The number of carbonyl (C=O) groups is 2. The van der Waals surface area contributed by atoms with Crippen LogP contribution in [-0.2, 0) is 9.59 Å². The van der Waals surface area contributed by atoms with Crippen molar-refractivity contribution in [3.05, 3.63) is 54.1 Å². The van der Waals surface area contributed by atoms with Crippen LogP contribution in [0.15, 0.2) is 48.6 Å². The monoisotopic (exact) mass is 326 g/mol. The molecule has 0 radical (unpaired) electrons. The van der Waals surface area contributed by atoms with Crippen molar-refractivity contribution in [1.29, 1.82) is 0 Å². The van der Waals surface area contributed by atoms with Gasteiger partial charge in [-0.05, 0) is 26.8 Å². The largest absolute Gasteiger partial charge is 0.504 e. The van der Waals surface area contributed by atoms with Gasteiger partial charge in [0.1, 0.15) is 5.75 Å². The van der Waals surface area contributed by atoms with E-state index in [0.29, 0.717) is 10.8 Å². The molecule has 124 valence electrons. The highest BCUT2D eigenvalue weighted by molar-refractivity contribution is 6.01. The summed E-state index contributed by atoms with van der Waals surface area (Å²) in [5.74, 6) is -1.42. The molecule has 0 spiro atoms. The number of hydrogen-bond acceptors (Lipinski definition) is 5. The molecule has 5 nitrogen and oxygen atoms in total. The smallest absolute Gasteiger partial charge is 0.338 e. The zero-order valence-corrected chi connectivity index (χ0v) is 13.8. The van der Waals surface area contributed by atoms with Crippen LogP contribution in [0, 0.1) is 6.92 Å². The molecule has 0 fully saturated rings. The molecule has 24 heavy (non-hydrogen) atoms. The third kappa shape index (κ3) is 3.46. The molecule has 2 aromatic rings. The summed E-state index contributed by atoms with van der Waals surface area (Å²) in [7, 11) is 0. The Morgan fingerprint density at radius 2 is 1.54 bits per heavy atom. The van der Waals surface area contributed by atoms with E-state index in [0.717, 1.165) is 5.56 Å². The van der Waals surface area contributed by atoms with Gasteiger partial charge < -0.3 is 14.6 Å². The molecule has 1 N–H and O–H groups in total. The van der Waals surface area contributed by atoms with E-state index in [9.17, 15) is 14.7 Å². The van der Waals surface area contributed by atoms with Gasteiger partial charge >= 0.3 is 11.9 Å². The third-order valence-corrected chi connectivity index (χ3v) is 3.28. The zero-order valence-electron chi connectivity index (χ0n) is 13.8. The Labute approximate surface area is 139 Å². The van der Waals surface area contributed by atoms with Gasteiger partial charge in [-0.15, -0.1) is 0 Å². The molecular formula is C19H18O5. The molecule has 5 heteroatoms. The van der Waals surface area contributed by atoms with Crippen LogP contribution in [0.1, 0.15) is 19.4 Å². The minimum absolute atomic E-state index is 0.00637. The number of ether oxygens (including phenoxy) is 2. The molecule has 0 aromatic heterocycles. The number of phenols is 1. The lowest BCUT2D eigenvalue weighted by Gasteiger charge is -2.14. The maximum atomic E-state index is 11.8. The average Bonchev–Trinajstić information content (AvgIpc) is 2.50. The van der Waals surface area contributed by atoms with Crippen LogP contribution in [0.4, 0.5) is 0 Å². The van der Waals surface area contributed by atoms with Gasteiger partial charge in [0.05, 0.1) is 0 Å². The predicted octanol–water partition coefficient (Wildman–Crippen LogP) is 3.82. The van der Waals surface area contributed by atoms with Crippen molar-refractivity contribution in [2.45, 2.75) is 20.8 Å². The molecule has 0 saturated heterocycles. The second-order valence-corrected chi connectivity index (χ2v) is 5.61. The first-order valence-electron chi connectivity index (χ1n) is 7.22. The molecule has 0 aliphatic heterocycles. The Bertz CT molecular complexity index is 877.